The van der Waals surface area contributed by atoms with Crippen LogP contribution in [0.4, 0.5) is 0 Å². The molecule has 7 heteroatoms. The number of carbonyl (C=O) groups excluding carboxylic acids is 1. The Hall–Kier alpha value is -2.64. The lowest BCUT2D eigenvalue weighted by atomic mass is 10.0. The van der Waals surface area contributed by atoms with Crippen LogP contribution in [0.25, 0.3) is 10.2 Å². The number of nitrogens with zero attached hydrogens (tertiary/aromatic N) is 3. The van der Waals surface area contributed by atoms with Crippen molar-refractivity contribution < 1.29 is 14.3 Å². The molecule has 0 unspecified atom stereocenters. The highest BCUT2D eigenvalue weighted by molar-refractivity contribution is 7.18. The predicted molar refractivity (Wildman–Crippen MR) is 117 cm³/mol. The summed E-state index contributed by atoms with van der Waals surface area (Å²) in [4.78, 5) is 21.9. The van der Waals surface area contributed by atoms with Gasteiger partial charge in [-0.2, -0.15) is 0 Å². The van der Waals surface area contributed by atoms with Gasteiger partial charge in [-0.1, -0.05) is 18.2 Å². The highest BCUT2D eigenvalue weighted by Gasteiger charge is 2.31. The lowest BCUT2D eigenvalue weighted by molar-refractivity contribution is -0.133. The first-order valence-corrected chi connectivity index (χ1v) is 11.2. The number of benzene rings is 2. The molecule has 0 spiro atoms. The maximum absolute atomic E-state index is 13.1. The van der Waals surface area contributed by atoms with Gasteiger partial charge in [-0.15, -0.1) is 11.3 Å². The molecule has 0 N–H and O–H groups in total. The Balaban J connectivity index is 1.25. The number of aromatic nitrogens is 1. The number of likely N-dealkylation sites (tertiary alicyclic amines) is 1. The zero-order valence-corrected chi connectivity index (χ0v) is 17.9. The van der Waals surface area contributed by atoms with Crippen LogP contribution < -0.4 is 9.47 Å². The third-order valence-corrected chi connectivity index (χ3v) is 6.69. The third kappa shape index (κ3) is 3.87. The lowest BCUT2D eigenvalue weighted by Crippen LogP contribution is -2.38. The molecule has 1 atom stereocenters. The van der Waals surface area contributed by atoms with Gasteiger partial charge in [-0.3, -0.25) is 9.69 Å². The topological polar surface area (TPSA) is 54.9 Å². The number of fused-ring (bicyclic) bond motifs is 2. The van der Waals surface area contributed by atoms with Crippen LogP contribution in [-0.4, -0.2) is 54.0 Å². The number of carbonyl (C=O) groups is 1. The van der Waals surface area contributed by atoms with Gasteiger partial charge in [-0.25, -0.2) is 4.98 Å². The molecule has 1 fully saturated rings. The van der Waals surface area contributed by atoms with Crippen LogP contribution in [0.1, 0.15) is 29.5 Å². The number of thiazole rings is 1. The Kier molecular flexibility index (Phi) is 5.31. The van der Waals surface area contributed by atoms with E-state index in [4.69, 9.17) is 9.47 Å². The standard InChI is InChI=1S/C23H25N3O3S/c1-25(14-22-24-17-5-2-3-7-21(17)30-22)15-23(27)26-10-4-6-18(26)16-8-9-19-20(13-16)29-12-11-28-19/h2-3,5,7-9,13,18H,4,6,10-12,14-15H2,1H3/t18-/m1/s1. The van der Waals surface area contributed by atoms with Crippen LogP contribution in [0.5, 0.6) is 11.5 Å². The summed E-state index contributed by atoms with van der Waals surface area (Å²) in [6.45, 7) is 3.01. The maximum Gasteiger partial charge on any atom is 0.237 e. The molecule has 6 nitrogen and oxygen atoms in total. The van der Waals surface area contributed by atoms with Crippen molar-refractivity contribution in [1.29, 1.82) is 0 Å². The van der Waals surface area contributed by atoms with E-state index in [0.717, 1.165) is 47.0 Å². The van der Waals surface area contributed by atoms with Crippen LogP contribution in [0.2, 0.25) is 0 Å². The Morgan fingerprint density at radius 2 is 2.03 bits per heavy atom. The quantitative estimate of drug-likeness (QED) is 0.624. The number of para-hydroxylation sites is 1. The molecule has 0 bridgehead atoms. The Morgan fingerprint density at radius 3 is 2.90 bits per heavy atom. The van der Waals surface area contributed by atoms with Gasteiger partial charge in [0.1, 0.15) is 18.2 Å². The van der Waals surface area contributed by atoms with Crippen molar-refractivity contribution in [3.8, 4) is 11.5 Å². The van der Waals surface area contributed by atoms with E-state index in [1.54, 1.807) is 11.3 Å². The average Bonchev–Trinajstić information content (AvgIpc) is 3.40. The zero-order chi connectivity index (χ0) is 20.5. The summed E-state index contributed by atoms with van der Waals surface area (Å²) in [5.74, 6) is 1.73. The highest BCUT2D eigenvalue weighted by Crippen LogP contribution is 2.38. The fourth-order valence-electron chi connectivity index (χ4n) is 4.28. The van der Waals surface area contributed by atoms with E-state index in [1.165, 1.54) is 4.70 Å². The van der Waals surface area contributed by atoms with Crippen molar-refractivity contribution >= 4 is 27.5 Å². The van der Waals surface area contributed by atoms with Crippen molar-refractivity contribution in [2.75, 3.05) is 33.4 Å². The molecule has 1 amide bonds. The molecular weight excluding hydrogens is 398 g/mol. The molecule has 2 aliphatic rings. The van der Waals surface area contributed by atoms with Gasteiger partial charge in [0.05, 0.1) is 29.3 Å². The van der Waals surface area contributed by atoms with Gasteiger partial charge in [0.15, 0.2) is 11.5 Å². The summed E-state index contributed by atoms with van der Waals surface area (Å²) in [6, 6.07) is 14.3. The Bertz CT molecular complexity index is 1030. The first kappa shape index (κ1) is 19.3. The number of amides is 1. The predicted octanol–water partition coefficient (Wildman–Crippen LogP) is 3.86. The minimum Gasteiger partial charge on any atom is -0.486 e. The molecule has 2 aliphatic heterocycles. The minimum absolute atomic E-state index is 0.101. The van der Waals surface area contributed by atoms with Crippen LogP contribution in [-0.2, 0) is 11.3 Å². The van der Waals surface area contributed by atoms with Crippen LogP contribution in [0, 0.1) is 0 Å². The van der Waals surface area contributed by atoms with E-state index >= 15 is 0 Å². The number of rotatable bonds is 5. The van der Waals surface area contributed by atoms with Gasteiger partial charge in [0.25, 0.3) is 0 Å². The summed E-state index contributed by atoms with van der Waals surface area (Å²) in [7, 11) is 1.99. The van der Waals surface area contributed by atoms with Gasteiger partial charge in [0.2, 0.25) is 5.91 Å². The Labute approximate surface area is 180 Å². The van der Waals surface area contributed by atoms with Crippen LogP contribution in [0.3, 0.4) is 0 Å². The van der Waals surface area contributed by atoms with Gasteiger partial charge in [0, 0.05) is 6.54 Å². The summed E-state index contributed by atoms with van der Waals surface area (Å²) in [5, 5.41) is 1.04. The number of likely N-dealkylation sites (N-methyl/N-ethyl adjacent to an activating group) is 1. The van der Waals surface area contributed by atoms with Crippen molar-refractivity contribution in [2.45, 2.75) is 25.4 Å². The molecule has 1 saturated heterocycles. The number of hydrogen-bond donors (Lipinski definition) is 0. The molecule has 30 heavy (non-hydrogen) atoms. The molecule has 3 aromatic rings. The number of hydrogen-bond acceptors (Lipinski definition) is 6. The van der Waals surface area contributed by atoms with Crippen molar-refractivity contribution in [3.63, 3.8) is 0 Å². The van der Waals surface area contributed by atoms with Crippen molar-refractivity contribution in [3.05, 3.63) is 53.0 Å². The SMILES string of the molecule is CN(CC(=O)N1CCC[C@@H]1c1ccc2c(c1)OCCO2)Cc1nc2ccccc2s1. The monoisotopic (exact) mass is 423 g/mol. The molecule has 1 aromatic heterocycles. The first-order chi connectivity index (χ1) is 14.7. The number of ether oxygens (including phenoxy) is 2. The van der Waals surface area contributed by atoms with E-state index in [2.05, 4.69) is 22.0 Å². The van der Waals surface area contributed by atoms with Crippen LogP contribution in [0.15, 0.2) is 42.5 Å². The van der Waals surface area contributed by atoms with E-state index in [1.807, 2.05) is 42.3 Å². The van der Waals surface area contributed by atoms with E-state index in [-0.39, 0.29) is 11.9 Å². The fraction of sp³-hybridized carbons (Fsp3) is 0.391. The summed E-state index contributed by atoms with van der Waals surface area (Å²) >= 11 is 1.69. The fourth-order valence-corrected chi connectivity index (χ4v) is 5.32. The smallest absolute Gasteiger partial charge is 0.237 e. The molecule has 0 radical (unpaired) electrons. The van der Waals surface area contributed by atoms with Gasteiger partial charge in [-0.05, 0) is 49.7 Å². The normalized spacial score (nSPS) is 18.3. The molecule has 0 saturated carbocycles. The minimum atomic E-state index is 0.101. The first-order valence-electron chi connectivity index (χ1n) is 10.4. The van der Waals surface area contributed by atoms with Gasteiger partial charge >= 0.3 is 0 Å². The summed E-state index contributed by atoms with van der Waals surface area (Å²) < 4.78 is 12.5. The second-order valence-corrected chi connectivity index (χ2v) is 9.01. The summed E-state index contributed by atoms with van der Waals surface area (Å²) in [5.41, 5.74) is 2.15. The van der Waals surface area contributed by atoms with Gasteiger partial charge < -0.3 is 14.4 Å². The average molecular weight is 424 g/mol. The molecule has 3 heterocycles. The molecule has 2 aromatic carbocycles. The van der Waals surface area contributed by atoms with Crippen molar-refractivity contribution in [2.24, 2.45) is 0 Å². The third-order valence-electron chi connectivity index (χ3n) is 5.67. The van der Waals surface area contributed by atoms with Crippen LogP contribution >= 0.6 is 11.3 Å². The maximum atomic E-state index is 13.1. The van der Waals surface area contributed by atoms with E-state index < -0.39 is 0 Å². The largest absolute Gasteiger partial charge is 0.486 e. The molecule has 156 valence electrons. The molecular formula is C23H25N3O3S. The lowest BCUT2D eigenvalue weighted by Gasteiger charge is -2.28. The highest BCUT2D eigenvalue weighted by atomic mass is 32.1. The Morgan fingerprint density at radius 1 is 1.20 bits per heavy atom. The summed E-state index contributed by atoms with van der Waals surface area (Å²) in [6.07, 6.45) is 2.00. The van der Waals surface area contributed by atoms with E-state index in [9.17, 15) is 4.79 Å². The second kappa shape index (κ2) is 8.24. The second-order valence-electron chi connectivity index (χ2n) is 7.90. The molecule has 5 rings (SSSR count). The van der Waals surface area contributed by atoms with Crippen molar-refractivity contribution in [1.82, 2.24) is 14.8 Å². The molecule has 0 aliphatic carbocycles. The van der Waals surface area contributed by atoms with E-state index in [0.29, 0.717) is 26.3 Å². The zero-order valence-electron chi connectivity index (χ0n) is 17.0.